The molecule has 100 valence electrons. The lowest BCUT2D eigenvalue weighted by Gasteiger charge is -2.21. The second-order valence-electron chi connectivity index (χ2n) is 4.57. The summed E-state index contributed by atoms with van der Waals surface area (Å²) in [5.74, 6) is 0. The Morgan fingerprint density at radius 3 is 2.68 bits per heavy atom. The molecule has 0 amide bonds. The summed E-state index contributed by atoms with van der Waals surface area (Å²) in [6.07, 6.45) is 0. The summed E-state index contributed by atoms with van der Waals surface area (Å²) in [4.78, 5) is 0. The van der Waals surface area contributed by atoms with Gasteiger partial charge in [0, 0.05) is 9.50 Å². The summed E-state index contributed by atoms with van der Waals surface area (Å²) in [5.41, 5.74) is 3.59. The van der Waals surface area contributed by atoms with E-state index in [4.69, 9.17) is 11.6 Å². The van der Waals surface area contributed by atoms with E-state index in [2.05, 4.69) is 65.4 Å². The molecular formula is C16H17BrClN. The summed E-state index contributed by atoms with van der Waals surface area (Å²) < 4.78 is 1.04. The summed E-state index contributed by atoms with van der Waals surface area (Å²) in [6, 6.07) is 14.6. The van der Waals surface area contributed by atoms with Crippen LogP contribution in [0.4, 0.5) is 0 Å². The second kappa shape index (κ2) is 6.56. The van der Waals surface area contributed by atoms with Crippen LogP contribution in [0.2, 0.25) is 5.02 Å². The monoisotopic (exact) mass is 337 g/mol. The van der Waals surface area contributed by atoms with Gasteiger partial charge in [0.1, 0.15) is 0 Å². The van der Waals surface area contributed by atoms with Gasteiger partial charge >= 0.3 is 0 Å². The zero-order valence-electron chi connectivity index (χ0n) is 11.1. The molecule has 0 aliphatic carbocycles. The van der Waals surface area contributed by atoms with Crippen molar-refractivity contribution in [3.05, 3.63) is 68.7 Å². The van der Waals surface area contributed by atoms with Crippen molar-refractivity contribution in [2.75, 3.05) is 6.54 Å². The normalized spacial score (nSPS) is 12.4. The topological polar surface area (TPSA) is 12.0 Å². The molecule has 1 unspecified atom stereocenters. The standard InChI is InChI=1S/C16H17BrClN/c1-3-19-16(12-6-4-5-11(2)9-12)14-10-13(17)7-8-15(14)18/h4-10,16,19H,3H2,1-2H3. The molecule has 1 nitrogen and oxygen atoms in total. The third-order valence-corrected chi connectivity index (χ3v) is 3.89. The van der Waals surface area contributed by atoms with Crippen LogP contribution in [-0.2, 0) is 0 Å². The molecule has 0 aromatic heterocycles. The maximum atomic E-state index is 6.36. The van der Waals surface area contributed by atoms with Gasteiger partial charge in [-0.15, -0.1) is 0 Å². The highest BCUT2D eigenvalue weighted by Gasteiger charge is 2.16. The highest BCUT2D eigenvalue weighted by atomic mass is 79.9. The predicted octanol–water partition coefficient (Wildman–Crippen LogP) is 5.11. The van der Waals surface area contributed by atoms with Crippen molar-refractivity contribution in [1.82, 2.24) is 5.32 Å². The van der Waals surface area contributed by atoms with Gasteiger partial charge in [-0.3, -0.25) is 0 Å². The Hall–Kier alpha value is -0.830. The molecule has 2 aromatic rings. The van der Waals surface area contributed by atoms with Gasteiger partial charge in [0.2, 0.25) is 0 Å². The minimum atomic E-state index is 0.120. The molecule has 2 aromatic carbocycles. The van der Waals surface area contributed by atoms with E-state index in [1.54, 1.807) is 0 Å². The summed E-state index contributed by atoms with van der Waals surface area (Å²) in [6.45, 7) is 5.10. The Labute approximate surface area is 128 Å². The zero-order valence-corrected chi connectivity index (χ0v) is 13.4. The second-order valence-corrected chi connectivity index (χ2v) is 5.89. The Bertz CT molecular complexity index is 568. The zero-order chi connectivity index (χ0) is 13.8. The number of nitrogens with one attached hydrogen (secondary N) is 1. The van der Waals surface area contributed by atoms with Crippen molar-refractivity contribution >= 4 is 27.5 Å². The summed E-state index contributed by atoms with van der Waals surface area (Å²) >= 11 is 9.87. The SMILES string of the molecule is CCNC(c1cccc(C)c1)c1cc(Br)ccc1Cl. The Morgan fingerprint density at radius 2 is 2.00 bits per heavy atom. The van der Waals surface area contributed by atoms with Gasteiger partial charge in [0.05, 0.1) is 6.04 Å². The number of aryl methyl sites for hydroxylation is 1. The fourth-order valence-electron chi connectivity index (χ4n) is 2.20. The molecule has 19 heavy (non-hydrogen) atoms. The van der Waals surface area contributed by atoms with E-state index in [1.807, 2.05) is 12.1 Å². The van der Waals surface area contributed by atoms with Crippen molar-refractivity contribution < 1.29 is 0 Å². The lowest BCUT2D eigenvalue weighted by molar-refractivity contribution is 0.630. The quantitative estimate of drug-likeness (QED) is 0.817. The van der Waals surface area contributed by atoms with E-state index in [1.165, 1.54) is 11.1 Å². The fraction of sp³-hybridized carbons (Fsp3) is 0.250. The van der Waals surface area contributed by atoms with Crippen LogP contribution in [0.5, 0.6) is 0 Å². The van der Waals surface area contributed by atoms with E-state index in [-0.39, 0.29) is 6.04 Å². The maximum absolute atomic E-state index is 6.36. The largest absolute Gasteiger partial charge is 0.306 e. The van der Waals surface area contributed by atoms with Gasteiger partial charge in [-0.1, -0.05) is 64.3 Å². The summed E-state index contributed by atoms with van der Waals surface area (Å²) in [7, 11) is 0. The van der Waals surface area contributed by atoms with E-state index < -0.39 is 0 Å². The number of hydrogen-bond donors (Lipinski definition) is 1. The van der Waals surface area contributed by atoms with Gasteiger partial charge in [-0.25, -0.2) is 0 Å². The molecule has 0 saturated carbocycles. The first kappa shape index (κ1) is 14.6. The van der Waals surface area contributed by atoms with Gasteiger partial charge in [0.15, 0.2) is 0 Å². The fourth-order valence-corrected chi connectivity index (χ4v) is 2.80. The Balaban J connectivity index is 2.48. The lowest BCUT2D eigenvalue weighted by atomic mass is 9.97. The minimum absolute atomic E-state index is 0.120. The predicted molar refractivity (Wildman–Crippen MR) is 85.9 cm³/mol. The lowest BCUT2D eigenvalue weighted by Crippen LogP contribution is -2.22. The first-order valence-corrected chi connectivity index (χ1v) is 7.54. The molecule has 0 saturated heterocycles. The van der Waals surface area contributed by atoms with Crippen molar-refractivity contribution in [3.63, 3.8) is 0 Å². The molecule has 1 atom stereocenters. The molecule has 0 radical (unpaired) electrons. The first-order chi connectivity index (χ1) is 9.11. The van der Waals surface area contributed by atoms with Crippen LogP contribution < -0.4 is 5.32 Å². The molecule has 0 bridgehead atoms. The van der Waals surface area contributed by atoms with Gasteiger partial charge in [-0.05, 0) is 42.8 Å². The van der Waals surface area contributed by atoms with Gasteiger partial charge in [0.25, 0.3) is 0 Å². The number of rotatable bonds is 4. The number of hydrogen-bond acceptors (Lipinski definition) is 1. The molecule has 0 spiro atoms. The van der Waals surface area contributed by atoms with Crippen molar-refractivity contribution in [3.8, 4) is 0 Å². The van der Waals surface area contributed by atoms with E-state index in [9.17, 15) is 0 Å². The van der Waals surface area contributed by atoms with Crippen LogP contribution >= 0.6 is 27.5 Å². The van der Waals surface area contributed by atoms with Crippen LogP contribution in [0, 0.1) is 6.92 Å². The third-order valence-electron chi connectivity index (χ3n) is 3.05. The number of benzene rings is 2. The Kier molecular flexibility index (Phi) is 5.03. The van der Waals surface area contributed by atoms with E-state index in [0.29, 0.717) is 0 Å². The molecule has 0 fully saturated rings. The summed E-state index contributed by atoms with van der Waals surface area (Å²) in [5, 5.41) is 4.29. The average Bonchev–Trinajstić information content (AvgIpc) is 2.39. The van der Waals surface area contributed by atoms with E-state index in [0.717, 1.165) is 21.6 Å². The third kappa shape index (κ3) is 3.59. The first-order valence-electron chi connectivity index (χ1n) is 6.36. The van der Waals surface area contributed by atoms with Crippen molar-refractivity contribution in [2.24, 2.45) is 0 Å². The highest BCUT2D eigenvalue weighted by molar-refractivity contribution is 9.10. The Morgan fingerprint density at radius 1 is 1.21 bits per heavy atom. The van der Waals surface area contributed by atoms with Crippen LogP contribution in [0.25, 0.3) is 0 Å². The van der Waals surface area contributed by atoms with Crippen LogP contribution in [-0.4, -0.2) is 6.54 Å². The molecule has 0 heterocycles. The molecule has 0 aliphatic rings. The van der Waals surface area contributed by atoms with Crippen LogP contribution in [0.3, 0.4) is 0 Å². The van der Waals surface area contributed by atoms with Crippen LogP contribution in [0.15, 0.2) is 46.9 Å². The van der Waals surface area contributed by atoms with Gasteiger partial charge < -0.3 is 5.32 Å². The maximum Gasteiger partial charge on any atom is 0.0591 e. The van der Waals surface area contributed by atoms with Gasteiger partial charge in [-0.2, -0.15) is 0 Å². The van der Waals surface area contributed by atoms with E-state index >= 15 is 0 Å². The smallest absolute Gasteiger partial charge is 0.0591 e. The minimum Gasteiger partial charge on any atom is -0.306 e. The van der Waals surface area contributed by atoms with Crippen molar-refractivity contribution in [1.29, 1.82) is 0 Å². The average molecular weight is 339 g/mol. The molecule has 1 N–H and O–H groups in total. The number of halogens is 2. The van der Waals surface area contributed by atoms with Crippen molar-refractivity contribution in [2.45, 2.75) is 19.9 Å². The highest BCUT2D eigenvalue weighted by Crippen LogP contribution is 2.31. The van der Waals surface area contributed by atoms with Crippen LogP contribution in [0.1, 0.15) is 29.7 Å². The molecular weight excluding hydrogens is 322 g/mol. The molecule has 0 aliphatic heterocycles. The molecule has 3 heteroatoms. The molecule has 2 rings (SSSR count).